The maximum absolute atomic E-state index is 14.0. The van der Waals surface area contributed by atoms with E-state index in [-0.39, 0.29) is 25.2 Å². The summed E-state index contributed by atoms with van der Waals surface area (Å²) in [4.78, 5) is 83.1. The van der Waals surface area contributed by atoms with Crippen molar-refractivity contribution in [3.05, 3.63) is 72.5 Å². The van der Waals surface area contributed by atoms with Crippen molar-refractivity contribution < 1.29 is 34.2 Å². The standard InChI is InChI=1S/C33H44N10O7/c1-4-17(2)27(34)32(48)42-24(9-19-12-37-23-8-6-5-7-22(19)23)29(45)40-25(10-20-13-35-15-38-20)30(46)41-26(11-21-14-36-16-39-21)31(47)43-28(18(3)44)33(49)50/h5-8,12-18,24-28,37,44H,4,9-11,34H2,1-3H3,(H,35,38)(H,36,39)(H,40,45)(H,41,46)(H,42,48)(H,43,47)(H,49,50)/t17-,18+,24-,25-,26-,27-,28-/m0/s1. The number of aliphatic hydroxyl groups is 1. The van der Waals surface area contributed by atoms with Gasteiger partial charge in [0.25, 0.3) is 0 Å². The first kappa shape index (κ1) is 37.3. The minimum absolute atomic E-state index is 0.0635. The Morgan fingerprint density at radius 3 is 1.80 bits per heavy atom. The van der Waals surface area contributed by atoms with Crippen LogP contribution < -0.4 is 27.0 Å². The Labute approximate surface area is 287 Å². The third-order valence-corrected chi connectivity index (χ3v) is 8.56. The van der Waals surface area contributed by atoms with Crippen LogP contribution in [0.4, 0.5) is 0 Å². The third-order valence-electron chi connectivity index (χ3n) is 8.56. The van der Waals surface area contributed by atoms with Gasteiger partial charge in [0, 0.05) is 60.1 Å². The molecule has 0 saturated heterocycles. The number of hydrogen-bond donors (Lipinski definition) is 10. The highest BCUT2D eigenvalue weighted by Gasteiger charge is 2.34. The Morgan fingerprint density at radius 2 is 1.30 bits per heavy atom. The van der Waals surface area contributed by atoms with Crippen LogP contribution in [0.15, 0.2) is 55.5 Å². The van der Waals surface area contributed by atoms with Crippen molar-refractivity contribution in [2.24, 2.45) is 11.7 Å². The van der Waals surface area contributed by atoms with Crippen LogP contribution in [0.5, 0.6) is 0 Å². The zero-order valence-corrected chi connectivity index (χ0v) is 28.0. The molecule has 17 heteroatoms. The predicted octanol–water partition coefficient (Wildman–Crippen LogP) is -0.580. The van der Waals surface area contributed by atoms with Gasteiger partial charge in [0.2, 0.25) is 23.6 Å². The number of para-hydroxylation sites is 1. The summed E-state index contributed by atoms with van der Waals surface area (Å²) >= 11 is 0. The molecule has 0 unspecified atom stereocenters. The average molecular weight is 693 g/mol. The minimum atomic E-state index is -1.65. The van der Waals surface area contributed by atoms with Crippen molar-refractivity contribution in [2.45, 2.75) is 82.8 Å². The van der Waals surface area contributed by atoms with Gasteiger partial charge in [0.15, 0.2) is 6.04 Å². The second-order valence-electron chi connectivity index (χ2n) is 12.3. The van der Waals surface area contributed by atoms with Gasteiger partial charge in [0.05, 0.1) is 24.8 Å². The second-order valence-corrected chi connectivity index (χ2v) is 12.3. The van der Waals surface area contributed by atoms with Crippen molar-refractivity contribution in [2.75, 3.05) is 0 Å². The maximum Gasteiger partial charge on any atom is 0.328 e. The van der Waals surface area contributed by atoms with E-state index in [0.717, 1.165) is 16.5 Å². The molecule has 0 aliphatic rings. The van der Waals surface area contributed by atoms with Gasteiger partial charge >= 0.3 is 5.97 Å². The number of aromatic nitrogens is 5. The van der Waals surface area contributed by atoms with Crippen LogP contribution in [0.3, 0.4) is 0 Å². The number of aromatic amines is 3. The number of carboxylic acid groups (broad SMARTS) is 1. The van der Waals surface area contributed by atoms with E-state index in [1.165, 1.54) is 32.0 Å². The highest BCUT2D eigenvalue weighted by molar-refractivity contribution is 5.96. The summed E-state index contributed by atoms with van der Waals surface area (Å²) in [6, 6.07) is 1.15. The smallest absolute Gasteiger partial charge is 0.328 e. The zero-order valence-electron chi connectivity index (χ0n) is 28.0. The number of imidazole rings is 2. The van der Waals surface area contributed by atoms with Gasteiger partial charge in [-0.05, 0) is 24.5 Å². The summed E-state index contributed by atoms with van der Waals surface area (Å²) in [6.07, 6.45) is 6.48. The van der Waals surface area contributed by atoms with Crippen LogP contribution in [0.2, 0.25) is 0 Å². The Hall–Kier alpha value is -5.55. The summed E-state index contributed by atoms with van der Waals surface area (Å²) in [6.45, 7) is 4.94. The molecule has 0 bridgehead atoms. The molecule has 0 fully saturated rings. The number of aliphatic hydroxyl groups excluding tert-OH is 1. The van der Waals surface area contributed by atoms with Gasteiger partial charge in [0.1, 0.15) is 18.1 Å². The lowest BCUT2D eigenvalue weighted by atomic mass is 9.98. The lowest BCUT2D eigenvalue weighted by molar-refractivity contribution is -0.145. The largest absolute Gasteiger partial charge is 0.480 e. The van der Waals surface area contributed by atoms with Gasteiger partial charge in [-0.3, -0.25) is 19.2 Å². The van der Waals surface area contributed by atoms with Gasteiger partial charge in [-0.25, -0.2) is 14.8 Å². The average Bonchev–Trinajstić information content (AvgIpc) is 3.88. The Kier molecular flexibility index (Phi) is 12.8. The molecule has 0 aliphatic carbocycles. The molecular weight excluding hydrogens is 648 g/mol. The molecule has 0 radical (unpaired) electrons. The van der Waals surface area contributed by atoms with Gasteiger partial charge in [-0.2, -0.15) is 0 Å². The molecule has 0 saturated carbocycles. The van der Waals surface area contributed by atoms with Gasteiger partial charge < -0.3 is 52.2 Å². The first-order chi connectivity index (χ1) is 23.9. The van der Waals surface area contributed by atoms with E-state index < -0.39 is 65.9 Å². The van der Waals surface area contributed by atoms with E-state index >= 15 is 0 Å². The molecule has 0 spiro atoms. The number of aliphatic carboxylic acids is 1. The van der Waals surface area contributed by atoms with E-state index in [2.05, 4.69) is 46.2 Å². The summed E-state index contributed by atoms with van der Waals surface area (Å²) < 4.78 is 0. The van der Waals surface area contributed by atoms with Crippen LogP contribution in [-0.2, 0) is 43.2 Å². The summed E-state index contributed by atoms with van der Waals surface area (Å²) in [5, 5.41) is 30.7. The fourth-order valence-electron chi connectivity index (χ4n) is 5.35. The van der Waals surface area contributed by atoms with Gasteiger partial charge in [-0.15, -0.1) is 0 Å². The fraction of sp³-hybridized carbons (Fsp3) is 0.424. The monoisotopic (exact) mass is 692 g/mol. The number of nitrogens with zero attached hydrogens (tertiary/aromatic N) is 2. The molecule has 4 amide bonds. The number of H-pyrrole nitrogens is 3. The van der Waals surface area contributed by atoms with Crippen LogP contribution in [0.1, 0.15) is 44.1 Å². The molecule has 4 aromatic rings. The fourth-order valence-corrected chi connectivity index (χ4v) is 5.35. The van der Waals surface area contributed by atoms with Crippen LogP contribution in [-0.4, -0.2) is 101 Å². The number of rotatable bonds is 18. The molecule has 1 aromatic carbocycles. The van der Waals surface area contributed by atoms with Crippen molar-refractivity contribution in [1.82, 2.24) is 46.2 Å². The van der Waals surface area contributed by atoms with Crippen molar-refractivity contribution >= 4 is 40.5 Å². The van der Waals surface area contributed by atoms with E-state index in [9.17, 15) is 34.2 Å². The number of amides is 4. The zero-order chi connectivity index (χ0) is 36.4. The Morgan fingerprint density at radius 1 is 0.780 bits per heavy atom. The van der Waals surface area contributed by atoms with E-state index in [1.54, 1.807) is 6.20 Å². The Bertz CT molecular complexity index is 1740. The number of hydrogen-bond acceptors (Lipinski definition) is 9. The first-order valence-corrected chi connectivity index (χ1v) is 16.2. The SMILES string of the molecule is CC[C@H](C)[C@H](N)C(=O)N[C@@H](Cc1c[nH]c2ccccc12)C(=O)N[C@@H](Cc1cnc[nH]1)C(=O)N[C@@H](Cc1cnc[nH]1)C(=O)N[C@H](C(=O)O)[C@@H](C)O. The number of fused-ring (bicyclic) bond motifs is 1. The van der Waals surface area contributed by atoms with E-state index in [4.69, 9.17) is 5.73 Å². The number of nitrogens with two attached hydrogens (primary N) is 1. The van der Waals surface area contributed by atoms with Crippen molar-refractivity contribution in [3.63, 3.8) is 0 Å². The molecule has 17 nitrogen and oxygen atoms in total. The molecule has 4 rings (SSSR count). The summed E-state index contributed by atoms with van der Waals surface area (Å²) in [7, 11) is 0. The molecule has 50 heavy (non-hydrogen) atoms. The van der Waals surface area contributed by atoms with Crippen LogP contribution in [0, 0.1) is 5.92 Å². The normalized spacial score (nSPS) is 15.5. The van der Waals surface area contributed by atoms with Gasteiger partial charge in [-0.1, -0.05) is 38.5 Å². The molecule has 7 atom stereocenters. The minimum Gasteiger partial charge on any atom is -0.480 e. The Balaban J connectivity index is 1.61. The number of carbonyl (C=O) groups excluding carboxylic acids is 4. The van der Waals surface area contributed by atoms with Crippen molar-refractivity contribution in [3.8, 4) is 0 Å². The molecule has 0 aliphatic heterocycles. The molecule has 3 aromatic heterocycles. The number of carboxylic acids is 1. The first-order valence-electron chi connectivity index (χ1n) is 16.2. The lowest BCUT2D eigenvalue weighted by Gasteiger charge is -2.27. The summed E-state index contributed by atoms with van der Waals surface area (Å²) in [5.41, 5.74) is 8.72. The molecular formula is C33H44N10O7. The topological polar surface area (TPSA) is 273 Å². The van der Waals surface area contributed by atoms with Crippen LogP contribution in [0.25, 0.3) is 10.9 Å². The van der Waals surface area contributed by atoms with E-state index in [1.807, 2.05) is 38.1 Å². The highest BCUT2D eigenvalue weighted by Crippen LogP contribution is 2.20. The number of carbonyl (C=O) groups is 5. The molecule has 11 N–H and O–H groups in total. The van der Waals surface area contributed by atoms with Crippen molar-refractivity contribution in [1.29, 1.82) is 0 Å². The number of benzene rings is 1. The van der Waals surface area contributed by atoms with Crippen LogP contribution >= 0.6 is 0 Å². The van der Waals surface area contributed by atoms with E-state index in [0.29, 0.717) is 17.8 Å². The third kappa shape index (κ3) is 9.76. The number of nitrogens with one attached hydrogen (secondary N) is 7. The second kappa shape index (κ2) is 17.2. The molecule has 3 heterocycles. The molecule has 268 valence electrons. The lowest BCUT2D eigenvalue weighted by Crippen LogP contribution is -2.60. The maximum atomic E-state index is 14.0. The predicted molar refractivity (Wildman–Crippen MR) is 181 cm³/mol. The quantitative estimate of drug-likeness (QED) is 0.0634. The highest BCUT2D eigenvalue weighted by atomic mass is 16.4. The summed E-state index contributed by atoms with van der Waals surface area (Å²) in [5.74, 6) is -4.54.